The van der Waals surface area contributed by atoms with Crippen LogP contribution in [-0.4, -0.2) is 9.13 Å². The highest BCUT2D eigenvalue weighted by Crippen LogP contribution is 2.36. The van der Waals surface area contributed by atoms with Gasteiger partial charge < -0.3 is 9.13 Å². The van der Waals surface area contributed by atoms with E-state index >= 15 is 0 Å². The van der Waals surface area contributed by atoms with Crippen molar-refractivity contribution in [1.82, 2.24) is 9.13 Å². The normalized spacial score (nSPS) is 11.6. The molecule has 0 fully saturated rings. The second kappa shape index (κ2) is 8.28. The van der Waals surface area contributed by atoms with Crippen molar-refractivity contribution in [1.29, 1.82) is 0 Å². The van der Waals surface area contributed by atoms with Gasteiger partial charge in [0.25, 0.3) is 5.56 Å². The maximum absolute atomic E-state index is 13.8. The molecule has 3 nitrogen and oxygen atoms in total. The van der Waals surface area contributed by atoms with E-state index in [0.717, 1.165) is 60.5 Å². The van der Waals surface area contributed by atoms with Crippen LogP contribution in [0, 0.1) is 0 Å². The zero-order valence-corrected chi connectivity index (χ0v) is 17.7. The summed E-state index contributed by atoms with van der Waals surface area (Å²) in [5.74, 6) is 0. The zero-order chi connectivity index (χ0) is 20.4. The van der Waals surface area contributed by atoms with Crippen LogP contribution >= 0.6 is 0 Å². The fourth-order valence-electron chi connectivity index (χ4n) is 4.50. The fourth-order valence-corrected chi connectivity index (χ4v) is 4.50. The van der Waals surface area contributed by atoms with Crippen molar-refractivity contribution in [2.45, 2.75) is 52.5 Å². The minimum Gasteiger partial charge on any atom is -0.343 e. The fraction of sp³-hybridized carbons (Fsp3) is 0.346. The molecule has 150 valence electrons. The Kier molecular flexibility index (Phi) is 5.57. The molecule has 0 saturated carbocycles. The van der Waals surface area contributed by atoms with Crippen molar-refractivity contribution in [3.05, 3.63) is 70.6 Å². The molecule has 3 heteroatoms. The molecule has 0 aliphatic heterocycles. The van der Waals surface area contributed by atoms with Crippen LogP contribution in [-0.2, 0) is 20.0 Å². The molecule has 0 saturated heterocycles. The van der Waals surface area contributed by atoms with Crippen LogP contribution in [0.1, 0.15) is 45.2 Å². The third-order valence-corrected chi connectivity index (χ3v) is 5.98. The second-order valence-corrected chi connectivity index (χ2v) is 7.90. The van der Waals surface area contributed by atoms with Crippen molar-refractivity contribution in [2.24, 2.45) is 7.05 Å². The first kappa shape index (κ1) is 19.5. The Hall–Kier alpha value is -2.81. The molecule has 0 spiro atoms. The van der Waals surface area contributed by atoms with Crippen molar-refractivity contribution >= 4 is 21.8 Å². The van der Waals surface area contributed by atoms with Crippen molar-refractivity contribution in [2.75, 3.05) is 0 Å². The van der Waals surface area contributed by atoms with Crippen LogP contribution in [0.2, 0.25) is 0 Å². The van der Waals surface area contributed by atoms with E-state index in [2.05, 4.69) is 78.6 Å². The molecule has 0 N–H and O–H groups in total. The summed E-state index contributed by atoms with van der Waals surface area (Å²) in [7, 11) is 2.09. The molecule has 0 radical (unpaired) electrons. The molecule has 4 aromatic rings. The highest BCUT2D eigenvalue weighted by atomic mass is 16.1. The lowest BCUT2D eigenvalue weighted by molar-refractivity contribution is 0.582. The lowest BCUT2D eigenvalue weighted by Crippen LogP contribution is -2.25. The van der Waals surface area contributed by atoms with E-state index in [1.807, 2.05) is 6.07 Å². The van der Waals surface area contributed by atoms with E-state index in [9.17, 15) is 4.79 Å². The highest BCUT2D eigenvalue weighted by Gasteiger charge is 2.22. The van der Waals surface area contributed by atoms with E-state index < -0.39 is 0 Å². The van der Waals surface area contributed by atoms with Crippen molar-refractivity contribution < 1.29 is 0 Å². The number of pyridine rings is 1. The van der Waals surface area contributed by atoms with E-state index in [1.54, 1.807) is 0 Å². The lowest BCUT2D eigenvalue weighted by atomic mass is 9.97. The number of hydrogen-bond donors (Lipinski definition) is 0. The third-order valence-electron chi connectivity index (χ3n) is 5.98. The van der Waals surface area contributed by atoms with Crippen LogP contribution in [0.25, 0.3) is 32.9 Å². The molecule has 2 heterocycles. The molecule has 29 heavy (non-hydrogen) atoms. The zero-order valence-electron chi connectivity index (χ0n) is 17.7. The smallest absolute Gasteiger partial charge is 0.260 e. The lowest BCUT2D eigenvalue weighted by Gasteiger charge is -2.20. The van der Waals surface area contributed by atoms with Crippen molar-refractivity contribution in [3.63, 3.8) is 0 Å². The molecule has 0 bridgehead atoms. The van der Waals surface area contributed by atoms with Gasteiger partial charge in [-0.1, -0.05) is 75.2 Å². The van der Waals surface area contributed by atoms with Gasteiger partial charge >= 0.3 is 0 Å². The van der Waals surface area contributed by atoms with Gasteiger partial charge in [-0.15, -0.1) is 0 Å². The first-order valence-electron chi connectivity index (χ1n) is 10.9. The number of hydrogen-bond acceptors (Lipinski definition) is 1. The Morgan fingerprint density at radius 1 is 0.862 bits per heavy atom. The Balaban J connectivity index is 2.20. The van der Waals surface area contributed by atoms with Gasteiger partial charge in [-0.25, -0.2) is 0 Å². The van der Waals surface area contributed by atoms with Crippen LogP contribution in [0.3, 0.4) is 0 Å². The second-order valence-electron chi connectivity index (χ2n) is 7.90. The van der Waals surface area contributed by atoms with E-state index in [-0.39, 0.29) is 5.56 Å². The summed E-state index contributed by atoms with van der Waals surface area (Å²) < 4.78 is 4.30. The van der Waals surface area contributed by atoms with Gasteiger partial charge in [0.15, 0.2) is 0 Å². The van der Waals surface area contributed by atoms with Gasteiger partial charge in [-0.3, -0.25) is 4.79 Å². The molecular weight excluding hydrogens is 356 g/mol. The Labute approximate surface area is 172 Å². The van der Waals surface area contributed by atoms with Gasteiger partial charge in [0, 0.05) is 35.8 Å². The van der Waals surface area contributed by atoms with Gasteiger partial charge in [0.1, 0.15) is 0 Å². The Morgan fingerprint density at radius 3 is 2.28 bits per heavy atom. The molecule has 0 atom stereocenters. The molecule has 0 amide bonds. The Bertz CT molecular complexity index is 1200. The molecule has 0 aliphatic rings. The number of rotatable bonds is 7. The summed E-state index contributed by atoms with van der Waals surface area (Å²) in [6, 6.07) is 18.9. The van der Waals surface area contributed by atoms with Crippen molar-refractivity contribution in [3.8, 4) is 11.1 Å². The number of nitrogens with zero attached hydrogens (tertiary/aromatic N) is 2. The molecule has 2 aromatic heterocycles. The summed E-state index contributed by atoms with van der Waals surface area (Å²) >= 11 is 0. The summed E-state index contributed by atoms with van der Waals surface area (Å²) in [5, 5.41) is 1.91. The van der Waals surface area contributed by atoms with Crippen LogP contribution in [0.5, 0.6) is 0 Å². The monoisotopic (exact) mass is 386 g/mol. The molecular formula is C26H30N2O. The van der Waals surface area contributed by atoms with E-state index in [0.29, 0.717) is 0 Å². The minimum atomic E-state index is 0.163. The summed E-state index contributed by atoms with van der Waals surface area (Å²) in [5.41, 5.74) is 5.96. The average Bonchev–Trinajstić information content (AvgIpc) is 3.05. The summed E-state index contributed by atoms with van der Waals surface area (Å²) in [6.45, 7) is 5.19. The SMILES string of the molecule is CCCCc1c(-c2ccccc2)c2c(c(=O)n1CCCC)c1ccccc1n2C. The number of benzene rings is 2. The average molecular weight is 387 g/mol. The summed E-state index contributed by atoms with van der Waals surface area (Å²) in [6.07, 6.45) is 5.22. The van der Waals surface area contributed by atoms with Gasteiger partial charge in [0.2, 0.25) is 0 Å². The minimum absolute atomic E-state index is 0.163. The largest absolute Gasteiger partial charge is 0.343 e. The molecule has 2 aromatic carbocycles. The van der Waals surface area contributed by atoms with Crippen LogP contribution in [0.15, 0.2) is 59.4 Å². The third kappa shape index (κ3) is 3.29. The van der Waals surface area contributed by atoms with E-state index in [1.165, 1.54) is 16.8 Å². The topological polar surface area (TPSA) is 26.9 Å². The van der Waals surface area contributed by atoms with Gasteiger partial charge in [0.05, 0.1) is 10.9 Å². The molecule has 0 unspecified atom stereocenters. The number of fused-ring (bicyclic) bond motifs is 3. The van der Waals surface area contributed by atoms with E-state index in [4.69, 9.17) is 0 Å². The maximum atomic E-state index is 13.8. The van der Waals surface area contributed by atoms with Gasteiger partial charge in [-0.2, -0.15) is 0 Å². The summed E-state index contributed by atoms with van der Waals surface area (Å²) in [4.78, 5) is 13.8. The number of aryl methyl sites for hydroxylation is 1. The first-order chi connectivity index (χ1) is 14.2. The van der Waals surface area contributed by atoms with Gasteiger partial charge in [-0.05, 0) is 30.9 Å². The van der Waals surface area contributed by atoms with Crippen LogP contribution in [0.4, 0.5) is 0 Å². The number of aromatic nitrogens is 2. The number of para-hydroxylation sites is 1. The first-order valence-corrected chi connectivity index (χ1v) is 10.9. The number of unbranched alkanes of at least 4 members (excludes halogenated alkanes) is 2. The standard InChI is InChI=1S/C26H30N2O/c1-4-6-16-22-23(19-13-9-8-10-14-19)25-24(26(29)28(22)18-7-5-2)20-15-11-12-17-21(20)27(25)3/h8-15,17H,4-7,16,18H2,1-3H3. The van der Waals surface area contributed by atoms with Crippen LogP contribution < -0.4 is 5.56 Å². The predicted octanol–water partition coefficient (Wildman–Crippen LogP) is 6.30. The predicted molar refractivity (Wildman–Crippen MR) is 124 cm³/mol. The molecule has 0 aliphatic carbocycles. The highest BCUT2D eigenvalue weighted by molar-refractivity contribution is 6.12. The molecule has 4 rings (SSSR count). The quantitative estimate of drug-likeness (QED) is 0.366. The maximum Gasteiger partial charge on any atom is 0.260 e. The Morgan fingerprint density at radius 2 is 1.55 bits per heavy atom.